The van der Waals surface area contributed by atoms with Gasteiger partial charge < -0.3 is 9.64 Å². The van der Waals surface area contributed by atoms with Crippen LogP contribution in [0.15, 0.2) is 66.9 Å². The van der Waals surface area contributed by atoms with E-state index in [9.17, 15) is 4.79 Å². The zero-order valence-corrected chi connectivity index (χ0v) is 16.9. The number of aromatic nitrogens is 2. The minimum Gasteiger partial charge on any atom is -0.490 e. The van der Waals surface area contributed by atoms with E-state index >= 15 is 4.39 Å². The molecule has 1 amide bonds. The first kappa shape index (κ1) is 19.6. The first-order valence-corrected chi connectivity index (χ1v) is 9.77. The summed E-state index contributed by atoms with van der Waals surface area (Å²) in [5.74, 6) is -0.960. The first-order valence-electron chi connectivity index (χ1n) is 9.77. The third-order valence-electron chi connectivity index (χ3n) is 5.02. The quantitative estimate of drug-likeness (QED) is 0.491. The Kier molecular flexibility index (Phi) is 5.48. The van der Waals surface area contributed by atoms with Gasteiger partial charge >= 0.3 is 0 Å². The monoisotopic (exact) mass is 403 g/mol. The van der Waals surface area contributed by atoms with E-state index < -0.39 is 11.7 Å². The summed E-state index contributed by atoms with van der Waals surface area (Å²) >= 11 is 0. The Labute approximate surface area is 174 Å². The Morgan fingerprint density at radius 1 is 1.10 bits per heavy atom. The van der Waals surface area contributed by atoms with E-state index in [4.69, 9.17) is 4.74 Å². The van der Waals surface area contributed by atoms with E-state index in [-0.39, 0.29) is 11.3 Å². The topological polar surface area (TPSA) is 58.2 Å². The van der Waals surface area contributed by atoms with Crippen molar-refractivity contribution in [2.24, 2.45) is 0 Å². The number of carbonyl (C=O) groups excluding carboxylic acids is 1. The van der Waals surface area contributed by atoms with Gasteiger partial charge in [-0.25, -0.2) is 4.39 Å². The summed E-state index contributed by atoms with van der Waals surface area (Å²) in [6, 6.07) is 18.5. The highest BCUT2D eigenvalue weighted by atomic mass is 19.1. The number of para-hydroxylation sites is 1. The van der Waals surface area contributed by atoms with Crippen LogP contribution in [-0.4, -0.2) is 34.7 Å². The molecule has 1 aromatic heterocycles. The Bertz CT molecular complexity index is 1190. The number of fused-ring (bicyclic) bond motifs is 1. The number of hydrogen-bond donors (Lipinski definition) is 1. The van der Waals surface area contributed by atoms with Crippen LogP contribution in [-0.2, 0) is 6.54 Å². The van der Waals surface area contributed by atoms with Crippen molar-refractivity contribution in [3.8, 4) is 16.9 Å². The largest absolute Gasteiger partial charge is 0.490 e. The summed E-state index contributed by atoms with van der Waals surface area (Å²) in [7, 11) is 1.66. The van der Waals surface area contributed by atoms with Gasteiger partial charge in [-0.3, -0.25) is 9.89 Å². The maximum absolute atomic E-state index is 15.4. The summed E-state index contributed by atoms with van der Waals surface area (Å²) in [5, 5.41) is 7.97. The van der Waals surface area contributed by atoms with Gasteiger partial charge in [-0.1, -0.05) is 48.5 Å². The van der Waals surface area contributed by atoms with Gasteiger partial charge in [-0.2, -0.15) is 5.10 Å². The predicted molar refractivity (Wildman–Crippen MR) is 115 cm³/mol. The molecule has 0 aliphatic heterocycles. The molecule has 1 N–H and O–H groups in total. The molecule has 0 bridgehead atoms. The first-order chi connectivity index (χ1) is 14.6. The number of halogens is 1. The summed E-state index contributed by atoms with van der Waals surface area (Å²) in [6.07, 6.45) is 1.73. The van der Waals surface area contributed by atoms with E-state index in [1.165, 1.54) is 11.0 Å². The molecule has 1 heterocycles. The van der Waals surface area contributed by atoms with Gasteiger partial charge in [0.2, 0.25) is 0 Å². The van der Waals surface area contributed by atoms with Crippen molar-refractivity contribution >= 4 is 16.8 Å². The fourth-order valence-electron chi connectivity index (χ4n) is 3.55. The van der Waals surface area contributed by atoms with Crippen LogP contribution in [0.25, 0.3) is 22.0 Å². The molecule has 0 atom stereocenters. The van der Waals surface area contributed by atoms with Gasteiger partial charge in [0.05, 0.1) is 23.9 Å². The third kappa shape index (κ3) is 3.64. The zero-order chi connectivity index (χ0) is 21.1. The number of nitrogens with zero attached hydrogens (tertiary/aromatic N) is 2. The molecule has 30 heavy (non-hydrogen) atoms. The number of benzene rings is 3. The number of ether oxygens (including phenoxy) is 1. The molecule has 5 nitrogen and oxygen atoms in total. The summed E-state index contributed by atoms with van der Waals surface area (Å²) in [6.45, 7) is 2.41. The van der Waals surface area contributed by atoms with E-state index in [2.05, 4.69) is 10.2 Å². The molecule has 3 aromatic carbocycles. The summed E-state index contributed by atoms with van der Waals surface area (Å²) < 4.78 is 21.0. The second-order valence-electron chi connectivity index (χ2n) is 7.02. The average Bonchev–Trinajstić information content (AvgIpc) is 3.25. The molecule has 152 valence electrons. The molecule has 6 heteroatoms. The minimum atomic E-state index is -0.644. The zero-order valence-electron chi connectivity index (χ0n) is 16.9. The standard InChI is InChI=1S/C24H22FN3O2/c1-3-30-23-19(16-8-5-4-6-9-16)12-13-20(21(23)25)24(29)28(2)15-18-11-7-10-17-14-26-27-22(17)18/h4-14H,3,15H2,1-2H3,(H,26,27). The molecule has 0 aliphatic carbocycles. The van der Waals surface area contributed by atoms with Crippen molar-refractivity contribution in [3.05, 3.63) is 83.8 Å². The third-order valence-corrected chi connectivity index (χ3v) is 5.02. The normalized spacial score (nSPS) is 10.9. The van der Waals surface area contributed by atoms with E-state index in [1.807, 2.05) is 48.5 Å². The van der Waals surface area contributed by atoms with Crippen LogP contribution in [0.4, 0.5) is 4.39 Å². The Morgan fingerprint density at radius 2 is 1.90 bits per heavy atom. The van der Waals surface area contributed by atoms with Crippen molar-refractivity contribution in [3.63, 3.8) is 0 Å². The molecule has 0 spiro atoms. The van der Waals surface area contributed by atoms with Crippen LogP contribution < -0.4 is 4.74 Å². The lowest BCUT2D eigenvalue weighted by atomic mass is 10.0. The van der Waals surface area contributed by atoms with Gasteiger partial charge in [-0.15, -0.1) is 0 Å². The second-order valence-corrected chi connectivity index (χ2v) is 7.02. The van der Waals surface area contributed by atoms with Gasteiger partial charge in [-0.05, 0) is 30.2 Å². The predicted octanol–water partition coefficient (Wildman–Crippen LogP) is 5.04. The van der Waals surface area contributed by atoms with E-state index in [0.717, 1.165) is 22.0 Å². The molecule has 0 aliphatic rings. The van der Waals surface area contributed by atoms with E-state index in [1.54, 1.807) is 26.2 Å². The summed E-state index contributed by atoms with van der Waals surface area (Å²) in [5.41, 5.74) is 3.21. The van der Waals surface area contributed by atoms with Crippen LogP contribution >= 0.6 is 0 Å². The second kappa shape index (κ2) is 8.37. The fraction of sp³-hybridized carbons (Fsp3) is 0.167. The van der Waals surface area contributed by atoms with Crippen molar-refractivity contribution in [2.45, 2.75) is 13.5 Å². The van der Waals surface area contributed by atoms with Crippen LogP contribution in [0.5, 0.6) is 5.75 Å². The number of carbonyl (C=O) groups is 1. The van der Waals surface area contributed by atoms with Crippen molar-refractivity contribution < 1.29 is 13.9 Å². The van der Waals surface area contributed by atoms with Crippen molar-refractivity contribution in [1.29, 1.82) is 0 Å². The Balaban J connectivity index is 1.66. The van der Waals surface area contributed by atoms with E-state index in [0.29, 0.717) is 18.7 Å². The molecule has 0 saturated carbocycles. The highest BCUT2D eigenvalue weighted by molar-refractivity contribution is 5.96. The van der Waals surface area contributed by atoms with Crippen LogP contribution in [0.3, 0.4) is 0 Å². The molecular formula is C24H22FN3O2. The number of nitrogens with one attached hydrogen (secondary N) is 1. The summed E-state index contributed by atoms with van der Waals surface area (Å²) in [4.78, 5) is 14.5. The highest BCUT2D eigenvalue weighted by Gasteiger charge is 2.23. The van der Waals surface area contributed by atoms with Crippen LogP contribution in [0, 0.1) is 5.82 Å². The molecule has 4 rings (SSSR count). The Hall–Kier alpha value is -3.67. The minimum absolute atomic E-state index is 0.0163. The fourth-order valence-corrected chi connectivity index (χ4v) is 3.55. The van der Waals surface area contributed by atoms with Crippen LogP contribution in [0.2, 0.25) is 0 Å². The lowest BCUT2D eigenvalue weighted by Gasteiger charge is -2.20. The number of rotatable bonds is 6. The lowest BCUT2D eigenvalue weighted by Crippen LogP contribution is -2.27. The van der Waals surface area contributed by atoms with Gasteiger partial charge in [0.15, 0.2) is 11.6 Å². The highest BCUT2D eigenvalue weighted by Crippen LogP contribution is 2.35. The number of H-pyrrole nitrogens is 1. The van der Waals surface area contributed by atoms with Gasteiger partial charge in [0.1, 0.15) is 0 Å². The molecular weight excluding hydrogens is 381 g/mol. The molecule has 0 unspecified atom stereocenters. The molecule has 4 aromatic rings. The smallest absolute Gasteiger partial charge is 0.257 e. The average molecular weight is 403 g/mol. The van der Waals surface area contributed by atoms with Gasteiger partial charge in [0, 0.05) is 24.5 Å². The maximum Gasteiger partial charge on any atom is 0.257 e. The van der Waals surface area contributed by atoms with Gasteiger partial charge in [0.25, 0.3) is 5.91 Å². The molecule has 0 radical (unpaired) electrons. The SMILES string of the molecule is CCOc1c(-c2ccccc2)ccc(C(=O)N(C)Cc2cccc3cn[nH]c23)c1F. The molecule has 0 fully saturated rings. The maximum atomic E-state index is 15.4. The molecule has 0 saturated heterocycles. The Morgan fingerprint density at radius 3 is 2.67 bits per heavy atom. The van der Waals surface area contributed by atoms with Crippen molar-refractivity contribution in [1.82, 2.24) is 15.1 Å². The number of hydrogen-bond acceptors (Lipinski definition) is 3. The number of aromatic amines is 1. The van der Waals surface area contributed by atoms with Crippen LogP contribution in [0.1, 0.15) is 22.8 Å². The number of amides is 1. The lowest BCUT2D eigenvalue weighted by molar-refractivity contribution is 0.0780. The van der Waals surface area contributed by atoms with Crippen molar-refractivity contribution in [2.75, 3.05) is 13.7 Å².